The van der Waals surface area contributed by atoms with Gasteiger partial charge in [-0.15, -0.1) is 10.2 Å². The van der Waals surface area contributed by atoms with Gasteiger partial charge in [0.05, 0.1) is 6.54 Å². The highest BCUT2D eigenvalue weighted by atomic mass is 32.2. The van der Waals surface area contributed by atoms with E-state index in [1.54, 1.807) is 18.4 Å². The SMILES string of the molecule is CCn1c(CN2CCCC2)nnc1C1CCN(S(=O)(=O)N(C)C)CC1. The van der Waals surface area contributed by atoms with Gasteiger partial charge in [-0.25, -0.2) is 0 Å². The third-order valence-electron chi connectivity index (χ3n) is 5.34. The van der Waals surface area contributed by atoms with Crippen LogP contribution in [0, 0.1) is 0 Å². The highest BCUT2D eigenvalue weighted by Crippen LogP contribution is 2.29. The van der Waals surface area contributed by atoms with E-state index in [0.717, 1.165) is 50.7 Å². The molecular formula is C16H30N6O2S. The molecule has 0 amide bonds. The van der Waals surface area contributed by atoms with Gasteiger partial charge in [0.2, 0.25) is 0 Å². The molecule has 0 radical (unpaired) electrons. The molecule has 0 unspecified atom stereocenters. The number of rotatable bonds is 6. The normalized spacial score (nSPS) is 21.4. The lowest BCUT2D eigenvalue weighted by Crippen LogP contribution is -2.44. The first-order chi connectivity index (χ1) is 11.9. The number of nitrogens with zero attached hydrogens (tertiary/aromatic N) is 6. The molecule has 0 N–H and O–H groups in total. The van der Waals surface area contributed by atoms with Crippen molar-refractivity contribution in [1.29, 1.82) is 0 Å². The lowest BCUT2D eigenvalue weighted by Gasteiger charge is -2.32. The molecule has 2 aliphatic heterocycles. The van der Waals surface area contributed by atoms with Crippen LogP contribution in [0.1, 0.15) is 50.2 Å². The number of likely N-dealkylation sites (tertiary alicyclic amines) is 1. The fraction of sp³-hybridized carbons (Fsp3) is 0.875. The molecule has 1 aromatic rings. The predicted molar refractivity (Wildman–Crippen MR) is 96.4 cm³/mol. The van der Waals surface area contributed by atoms with Crippen LogP contribution in [-0.2, 0) is 23.3 Å². The van der Waals surface area contributed by atoms with Gasteiger partial charge in [0.25, 0.3) is 10.2 Å². The van der Waals surface area contributed by atoms with Crippen molar-refractivity contribution < 1.29 is 8.42 Å². The van der Waals surface area contributed by atoms with Gasteiger partial charge in [-0.05, 0) is 45.7 Å². The molecule has 0 saturated carbocycles. The van der Waals surface area contributed by atoms with Crippen LogP contribution in [0.2, 0.25) is 0 Å². The Morgan fingerprint density at radius 3 is 2.28 bits per heavy atom. The van der Waals surface area contributed by atoms with Crippen LogP contribution in [0.15, 0.2) is 0 Å². The molecule has 9 heteroatoms. The third-order valence-corrected chi connectivity index (χ3v) is 7.28. The summed E-state index contributed by atoms with van der Waals surface area (Å²) in [5.41, 5.74) is 0. The molecule has 2 fully saturated rings. The smallest absolute Gasteiger partial charge is 0.281 e. The van der Waals surface area contributed by atoms with Crippen LogP contribution >= 0.6 is 0 Å². The zero-order valence-electron chi connectivity index (χ0n) is 15.6. The van der Waals surface area contributed by atoms with Gasteiger partial charge in [0.1, 0.15) is 11.6 Å². The fourth-order valence-electron chi connectivity index (χ4n) is 3.83. The topological polar surface area (TPSA) is 74.6 Å². The Labute approximate surface area is 151 Å². The number of hydrogen-bond acceptors (Lipinski definition) is 5. The second-order valence-electron chi connectivity index (χ2n) is 7.17. The molecule has 25 heavy (non-hydrogen) atoms. The third kappa shape index (κ3) is 3.89. The van der Waals surface area contributed by atoms with Crippen molar-refractivity contribution in [1.82, 2.24) is 28.3 Å². The minimum absolute atomic E-state index is 0.286. The van der Waals surface area contributed by atoms with E-state index in [4.69, 9.17) is 0 Å². The fourth-order valence-corrected chi connectivity index (χ4v) is 4.96. The number of aromatic nitrogens is 3. The zero-order valence-corrected chi connectivity index (χ0v) is 16.4. The molecular weight excluding hydrogens is 340 g/mol. The average molecular weight is 371 g/mol. The van der Waals surface area contributed by atoms with Crippen LogP contribution in [0.3, 0.4) is 0 Å². The van der Waals surface area contributed by atoms with Crippen molar-refractivity contribution >= 4 is 10.2 Å². The molecule has 1 aromatic heterocycles. The van der Waals surface area contributed by atoms with Crippen molar-refractivity contribution in [2.45, 2.75) is 51.6 Å². The molecule has 142 valence electrons. The molecule has 8 nitrogen and oxygen atoms in total. The van der Waals surface area contributed by atoms with Crippen LogP contribution in [0.4, 0.5) is 0 Å². The van der Waals surface area contributed by atoms with E-state index in [2.05, 4.69) is 26.6 Å². The minimum atomic E-state index is -3.31. The van der Waals surface area contributed by atoms with Gasteiger partial charge in [-0.1, -0.05) is 0 Å². The summed E-state index contributed by atoms with van der Waals surface area (Å²) >= 11 is 0. The summed E-state index contributed by atoms with van der Waals surface area (Å²) in [6.45, 7) is 7.24. The molecule has 0 aromatic carbocycles. The molecule has 0 atom stereocenters. The Balaban J connectivity index is 1.68. The predicted octanol–water partition coefficient (Wildman–Crippen LogP) is 0.880. The number of hydrogen-bond donors (Lipinski definition) is 0. The van der Waals surface area contributed by atoms with E-state index >= 15 is 0 Å². The Morgan fingerprint density at radius 2 is 1.72 bits per heavy atom. The van der Waals surface area contributed by atoms with E-state index in [0.29, 0.717) is 13.1 Å². The molecule has 3 heterocycles. The summed E-state index contributed by atoms with van der Waals surface area (Å²) in [7, 11) is -0.148. The summed E-state index contributed by atoms with van der Waals surface area (Å²) in [4.78, 5) is 2.44. The molecule has 0 aliphatic carbocycles. The second-order valence-corrected chi connectivity index (χ2v) is 9.31. The Bertz CT molecular complexity index is 673. The lowest BCUT2D eigenvalue weighted by atomic mass is 9.97. The molecule has 2 saturated heterocycles. The van der Waals surface area contributed by atoms with Crippen molar-refractivity contribution in [2.75, 3.05) is 40.3 Å². The maximum Gasteiger partial charge on any atom is 0.281 e. The van der Waals surface area contributed by atoms with Crippen LogP contribution in [0.25, 0.3) is 0 Å². The van der Waals surface area contributed by atoms with Crippen LogP contribution in [0.5, 0.6) is 0 Å². The van der Waals surface area contributed by atoms with Gasteiger partial charge in [-0.3, -0.25) is 4.90 Å². The summed E-state index contributed by atoms with van der Waals surface area (Å²) in [5.74, 6) is 2.36. The van der Waals surface area contributed by atoms with E-state index < -0.39 is 10.2 Å². The van der Waals surface area contributed by atoms with Crippen molar-refractivity contribution in [3.8, 4) is 0 Å². The van der Waals surface area contributed by atoms with Crippen molar-refractivity contribution in [2.24, 2.45) is 0 Å². The standard InChI is InChI=1S/C16H30N6O2S/c1-4-22-15(13-20-9-5-6-10-20)17-18-16(22)14-7-11-21(12-8-14)25(23,24)19(2)3/h14H,4-13H2,1-3H3. The van der Waals surface area contributed by atoms with Crippen molar-refractivity contribution in [3.63, 3.8) is 0 Å². The largest absolute Gasteiger partial charge is 0.314 e. The molecule has 2 aliphatic rings. The lowest BCUT2D eigenvalue weighted by molar-refractivity contribution is 0.291. The van der Waals surface area contributed by atoms with E-state index in [1.165, 1.54) is 17.1 Å². The van der Waals surface area contributed by atoms with Gasteiger partial charge in [0, 0.05) is 39.6 Å². The first-order valence-corrected chi connectivity index (χ1v) is 10.6. The van der Waals surface area contributed by atoms with Gasteiger partial charge in [-0.2, -0.15) is 17.0 Å². The minimum Gasteiger partial charge on any atom is -0.314 e. The monoisotopic (exact) mass is 370 g/mol. The van der Waals surface area contributed by atoms with E-state index in [-0.39, 0.29) is 5.92 Å². The van der Waals surface area contributed by atoms with E-state index in [1.807, 2.05) is 0 Å². The average Bonchev–Trinajstić information content (AvgIpc) is 3.24. The van der Waals surface area contributed by atoms with Gasteiger partial charge in [0.15, 0.2) is 0 Å². The highest BCUT2D eigenvalue weighted by molar-refractivity contribution is 7.86. The first kappa shape index (κ1) is 18.8. The molecule has 0 bridgehead atoms. The van der Waals surface area contributed by atoms with Crippen LogP contribution in [-0.4, -0.2) is 77.0 Å². The van der Waals surface area contributed by atoms with E-state index in [9.17, 15) is 8.42 Å². The zero-order chi connectivity index (χ0) is 18.0. The highest BCUT2D eigenvalue weighted by Gasteiger charge is 2.32. The first-order valence-electron chi connectivity index (χ1n) is 9.25. The number of piperidine rings is 1. The summed E-state index contributed by atoms with van der Waals surface area (Å²) in [5, 5.41) is 8.94. The maximum atomic E-state index is 12.3. The van der Waals surface area contributed by atoms with Crippen LogP contribution < -0.4 is 0 Å². The Morgan fingerprint density at radius 1 is 1.08 bits per heavy atom. The molecule has 3 rings (SSSR count). The van der Waals surface area contributed by atoms with Crippen molar-refractivity contribution in [3.05, 3.63) is 11.6 Å². The summed E-state index contributed by atoms with van der Waals surface area (Å²) in [6, 6.07) is 0. The summed E-state index contributed by atoms with van der Waals surface area (Å²) < 4.78 is 29.6. The quantitative estimate of drug-likeness (QED) is 0.743. The summed E-state index contributed by atoms with van der Waals surface area (Å²) in [6.07, 6.45) is 4.14. The molecule has 0 spiro atoms. The Kier molecular flexibility index (Phi) is 5.77. The second kappa shape index (κ2) is 7.69. The Hall–Kier alpha value is -1.03. The van der Waals surface area contributed by atoms with Gasteiger partial charge >= 0.3 is 0 Å². The van der Waals surface area contributed by atoms with Gasteiger partial charge < -0.3 is 4.57 Å². The maximum absolute atomic E-state index is 12.3.